The lowest BCUT2D eigenvalue weighted by Crippen LogP contribution is -2.47. The van der Waals surface area contributed by atoms with E-state index in [-0.39, 0.29) is 23.9 Å². The van der Waals surface area contributed by atoms with Crippen molar-refractivity contribution in [1.82, 2.24) is 0 Å². The number of fused-ring (bicyclic) bond motifs is 1. The summed E-state index contributed by atoms with van der Waals surface area (Å²) < 4.78 is 10.6. The Morgan fingerprint density at radius 1 is 0.946 bits per heavy atom. The molecule has 5 rings (SSSR count). The summed E-state index contributed by atoms with van der Waals surface area (Å²) in [6.45, 7) is 2.02. The van der Waals surface area contributed by atoms with E-state index in [0.717, 1.165) is 16.9 Å². The smallest absolute Gasteiger partial charge is 0.258 e. The van der Waals surface area contributed by atoms with E-state index >= 15 is 0 Å². The Kier molecular flexibility index (Phi) is 6.90. The van der Waals surface area contributed by atoms with Crippen LogP contribution in [0, 0.1) is 0 Å². The van der Waals surface area contributed by atoms with Crippen LogP contribution in [0.1, 0.15) is 41.1 Å². The monoisotopic (exact) mass is 492 g/mol. The summed E-state index contributed by atoms with van der Waals surface area (Å²) in [6.07, 6.45) is 5.36. The van der Waals surface area contributed by atoms with Gasteiger partial charge in [0, 0.05) is 29.1 Å². The van der Waals surface area contributed by atoms with Crippen LogP contribution in [-0.4, -0.2) is 25.0 Å². The zero-order valence-electron chi connectivity index (χ0n) is 20.8. The summed E-state index contributed by atoms with van der Waals surface area (Å²) in [4.78, 5) is 31.0. The number of benzene rings is 3. The molecule has 2 heterocycles. The fourth-order valence-electron chi connectivity index (χ4n) is 4.88. The Hall–Kier alpha value is -4.58. The van der Waals surface area contributed by atoms with Crippen molar-refractivity contribution in [1.29, 1.82) is 0 Å². The fraction of sp³-hybridized carbons (Fsp3) is 0.161. The predicted octanol–water partition coefficient (Wildman–Crippen LogP) is 6.51. The highest BCUT2D eigenvalue weighted by atomic mass is 16.5. The lowest BCUT2D eigenvalue weighted by atomic mass is 9.89. The topological polar surface area (TPSA) is 63.0 Å². The molecular weight excluding hydrogens is 464 g/mol. The largest absolute Gasteiger partial charge is 0.497 e. The van der Waals surface area contributed by atoms with Crippen LogP contribution >= 0.6 is 0 Å². The van der Waals surface area contributed by atoms with Crippen molar-refractivity contribution in [3.05, 3.63) is 120 Å². The van der Waals surface area contributed by atoms with E-state index in [0.29, 0.717) is 23.5 Å². The van der Waals surface area contributed by atoms with E-state index < -0.39 is 0 Å². The van der Waals surface area contributed by atoms with E-state index in [9.17, 15) is 9.59 Å². The predicted molar refractivity (Wildman–Crippen MR) is 145 cm³/mol. The van der Waals surface area contributed by atoms with Gasteiger partial charge in [0.05, 0.1) is 19.4 Å². The third kappa shape index (κ3) is 4.91. The summed E-state index contributed by atoms with van der Waals surface area (Å²) in [5.41, 5.74) is 3.08. The number of amides is 2. The van der Waals surface area contributed by atoms with Crippen LogP contribution in [0.25, 0.3) is 6.08 Å². The van der Waals surface area contributed by atoms with Gasteiger partial charge in [0.25, 0.3) is 11.8 Å². The van der Waals surface area contributed by atoms with Crippen LogP contribution in [0.3, 0.4) is 0 Å². The van der Waals surface area contributed by atoms with Crippen LogP contribution in [0.2, 0.25) is 0 Å². The lowest BCUT2D eigenvalue weighted by molar-refractivity contribution is -0.114. The van der Waals surface area contributed by atoms with E-state index in [1.54, 1.807) is 60.7 Å². The van der Waals surface area contributed by atoms with E-state index in [4.69, 9.17) is 9.15 Å². The van der Waals surface area contributed by atoms with Gasteiger partial charge in [0.15, 0.2) is 0 Å². The van der Waals surface area contributed by atoms with E-state index in [1.807, 2.05) is 66.4 Å². The van der Waals surface area contributed by atoms with Gasteiger partial charge >= 0.3 is 0 Å². The number of anilines is 2. The maximum atomic E-state index is 14.0. The number of methoxy groups -OCH3 is 1. The average molecular weight is 493 g/mol. The Bertz CT molecular complexity index is 1390. The van der Waals surface area contributed by atoms with Crippen molar-refractivity contribution in [3.63, 3.8) is 0 Å². The number of rotatable bonds is 6. The standard InChI is InChI=1S/C31H28N2O4/c1-22-21-29(27-12-6-7-13-28(27)32(22)30(34)19-18-26-11-8-20-37-26)33(24-9-4-3-5-10-24)31(35)23-14-16-25(36-2)17-15-23/h3-20,22,29H,21H2,1-2H3/b19-18+/t22-,29+/m1/s1. The van der Waals surface area contributed by atoms with Gasteiger partial charge in [-0.05, 0) is 79.6 Å². The molecule has 0 fully saturated rings. The van der Waals surface area contributed by atoms with Gasteiger partial charge in [0.2, 0.25) is 0 Å². The van der Waals surface area contributed by atoms with Crippen molar-refractivity contribution >= 4 is 29.3 Å². The average Bonchev–Trinajstić information content (AvgIpc) is 3.46. The lowest BCUT2D eigenvalue weighted by Gasteiger charge is -2.43. The molecule has 186 valence electrons. The van der Waals surface area contributed by atoms with Gasteiger partial charge in [-0.3, -0.25) is 9.59 Å². The van der Waals surface area contributed by atoms with Crippen LogP contribution in [0.5, 0.6) is 5.75 Å². The van der Waals surface area contributed by atoms with Crippen molar-refractivity contribution in [2.24, 2.45) is 0 Å². The summed E-state index contributed by atoms with van der Waals surface area (Å²) in [5.74, 6) is 1.06. The molecule has 0 spiro atoms. The molecular formula is C31H28N2O4. The highest BCUT2D eigenvalue weighted by Gasteiger charge is 2.38. The Morgan fingerprint density at radius 2 is 1.68 bits per heavy atom. The molecule has 6 nitrogen and oxygen atoms in total. The quantitative estimate of drug-likeness (QED) is 0.288. The Balaban J connectivity index is 1.54. The van der Waals surface area contributed by atoms with E-state index in [1.165, 1.54) is 6.08 Å². The molecule has 37 heavy (non-hydrogen) atoms. The number of nitrogens with zero attached hydrogens (tertiary/aromatic N) is 2. The van der Waals surface area contributed by atoms with Crippen molar-refractivity contribution in [2.45, 2.75) is 25.4 Å². The molecule has 6 heteroatoms. The highest BCUT2D eigenvalue weighted by Crippen LogP contribution is 2.43. The second-order valence-electron chi connectivity index (χ2n) is 8.96. The Morgan fingerprint density at radius 3 is 2.38 bits per heavy atom. The van der Waals surface area contributed by atoms with E-state index in [2.05, 4.69) is 0 Å². The minimum Gasteiger partial charge on any atom is -0.497 e. The van der Waals surface area contributed by atoms with Crippen LogP contribution in [0.4, 0.5) is 11.4 Å². The molecule has 0 saturated carbocycles. The molecule has 4 aromatic rings. The number of furan rings is 1. The zero-order chi connectivity index (χ0) is 25.8. The number of hydrogen-bond donors (Lipinski definition) is 0. The molecule has 1 aromatic heterocycles. The summed E-state index contributed by atoms with van der Waals surface area (Å²) in [5, 5.41) is 0. The maximum absolute atomic E-state index is 14.0. The minimum atomic E-state index is -0.263. The van der Waals surface area contributed by atoms with Crippen LogP contribution in [-0.2, 0) is 4.79 Å². The van der Waals surface area contributed by atoms with Gasteiger partial charge in [-0.25, -0.2) is 0 Å². The molecule has 2 amide bonds. The highest BCUT2D eigenvalue weighted by molar-refractivity contribution is 6.08. The minimum absolute atomic E-state index is 0.113. The maximum Gasteiger partial charge on any atom is 0.258 e. The van der Waals surface area contributed by atoms with Gasteiger partial charge < -0.3 is 19.0 Å². The summed E-state index contributed by atoms with van der Waals surface area (Å²) in [7, 11) is 1.60. The number of ether oxygens (including phenoxy) is 1. The number of carbonyl (C=O) groups excluding carboxylic acids is 2. The van der Waals surface area contributed by atoms with Gasteiger partial charge in [-0.1, -0.05) is 36.4 Å². The normalized spacial score (nSPS) is 16.9. The fourth-order valence-corrected chi connectivity index (χ4v) is 4.88. The zero-order valence-corrected chi connectivity index (χ0v) is 20.8. The molecule has 0 N–H and O–H groups in total. The van der Waals surface area contributed by atoms with Crippen LogP contribution in [0.15, 0.2) is 108 Å². The first-order valence-corrected chi connectivity index (χ1v) is 12.2. The summed E-state index contributed by atoms with van der Waals surface area (Å²) >= 11 is 0. The first-order chi connectivity index (χ1) is 18.1. The third-order valence-corrected chi connectivity index (χ3v) is 6.63. The second kappa shape index (κ2) is 10.6. The molecule has 0 saturated heterocycles. The molecule has 1 aliphatic rings. The van der Waals surface area contributed by atoms with Crippen LogP contribution < -0.4 is 14.5 Å². The second-order valence-corrected chi connectivity index (χ2v) is 8.96. The van der Waals surface area contributed by atoms with Gasteiger partial charge in [-0.15, -0.1) is 0 Å². The molecule has 0 radical (unpaired) electrons. The van der Waals surface area contributed by atoms with Gasteiger partial charge in [0.1, 0.15) is 11.5 Å². The van der Waals surface area contributed by atoms with Gasteiger partial charge in [-0.2, -0.15) is 0 Å². The SMILES string of the molecule is COc1ccc(C(=O)N(c2ccccc2)[C@H]2C[C@@H](C)N(C(=O)/C=C/c3ccco3)c3ccccc32)cc1. The number of hydrogen-bond acceptors (Lipinski definition) is 4. The molecule has 0 bridgehead atoms. The third-order valence-electron chi connectivity index (χ3n) is 6.63. The number of carbonyl (C=O) groups is 2. The molecule has 0 aliphatic carbocycles. The van der Waals surface area contributed by atoms with Crippen molar-refractivity contribution < 1.29 is 18.7 Å². The molecule has 3 aromatic carbocycles. The first-order valence-electron chi connectivity index (χ1n) is 12.2. The number of para-hydroxylation sites is 2. The van der Waals surface area contributed by atoms with Crippen molar-refractivity contribution in [2.75, 3.05) is 16.9 Å². The molecule has 2 atom stereocenters. The van der Waals surface area contributed by atoms with Crippen molar-refractivity contribution in [3.8, 4) is 5.75 Å². The Labute approximate surface area is 216 Å². The molecule has 0 unspecified atom stereocenters. The first kappa shape index (κ1) is 24.1. The summed E-state index contributed by atoms with van der Waals surface area (Å²) in [6, 6.07) is 27.8. The molecule has 1 aliphatic heterocycles.